The number of hydrogen-bond acceptors (Lipinski definition) is 6. The molecule has 3 rings (SSSR count). The minimum atomic E-state index is -0.167. The Morgan fingerprint density at radius 2 is 1.96 bits per heavy atom. The minimum Gasteiger partial charge on any atom is -0.506 e. The molecule has 3 aromatic rings. The smallest absolute Gasteiger partial charge is 0.226 e. The highest BCUT2D eigenvalue weighted by molar-refractivity contribution is 5.52. The topological polar surface area (TPSA) is 91.4 Å². The molecule has 0 atom stereocenters. The molecule has 0 saturated carbocycles. The van der Waals surface area contributed by atoms with Gasteiger partial charge in [0, 0.05) is 36.0 Å². The minimum absolute atomic E-state index is 0.110. The van der Waals surface area contributed by atoms with Crippen molar-refractivity contribution in [2.45, 2.75) is 26.6 Å². The second-order valence-corrected chi connectivity index (χ2v) is 5.47. The van der Waals surface area contributed by atoms with Gasteiger partial charge < -0.3 is 19.9 Å². The number of pyridine rings is 1. The lowest BCUT2D eigenvalue weighted by Gasteiger charge is -2.11. The Morgan fingerprint density at radius 1 is 1.17 bits per heavy atom. The van der Waals surface area contributed by atoms with E-state index < -0.39 is 0 Å². The predicted molar refractivity (Wildman–Crippen MR) is 89.0 cm³/mol. The van der Waals surface area contributed by atoms with Gasteiger partial charge >= 0.3 is 0 Å². The molecule has 6 nitrogen and oxygen atoms in total. The third kappa shape index (κ3) is 3.45. The lowest BCUT2D eigenvalue weighted by molar-refractivity contribution is 0.278. The van der Waals surface area contributed by atoms with Crippen molar-refractivity contribution in [3.8, 4) is 17.2 Å². The molecule has 0 aliphatic rings. The van der Waals surface area contributed by atoms with Crippen LogP contribution in [0.2, 0.25) is 0 Å². The molecule has 0 spiro atoms. The Hall–Kier alpha value is -2.70. The number of aliphatic hydroxyl groups is 1. The molecule has 0 aliphatic carbocycles. The second-order valence-electron chi connectivity index (χ2n) is 5.47. The fraction of sp³-hybridized carbons (Fsp3) is 0.222. The van der Waals surface area contributed by atoms with Crippen LogP contribution in [0.3, 0.4) is 0 Å². The van der Waals surface area contributed by atoms with Gasteiger partial charge in [0.05, 0.1) is 18.0 Å². The van der Waals surface area contributed by atoms with E-state index in [1.807, 2.05) is 30.3 Å². The Balaban J connectivity index is 1.66. The molecule has 1 aromatic carbocycles. The first kappa shape index (κ1) is 16.2. The van der Waals surface area contributed by atoms with Crippen molar-refractivity contribution in [1.29, 1.82) is 0 Å². The largest absolute Gasteiger partial charge is 0.506 e. The zero-order valence-electron chi connectivity index (χ0n) is 13.4. The number of nitrogens with zero attached hydrogens (tertiary/aromatic N) is 2. The average molecular weight is 325 g/mol. The Bertz CT molecular complexity index is 816. The van der Waals surface area contributed by atoms with Gasteiger partial charge in [-0.05, 0) is 19.1 Å². The molecule has 0 amide bonds. The fourth-order valence-corrected chi connectivity index (χ4v) is 2.43. The number of aromatic hydroxyl groups is 1. The van der Waals surface area contributed by atoms with Gasteiger partial charge in [-0.3, -0.25) is 4.98 Å². The molecule has 0 bridgehead atoms. The van der Waals surface area contributed by atoms with E-state index in [9.17, 15) is 10.2 Å². The fourth-order valence-electron chi connectivity index (χ4n) is 2.43. The zero-order valence-corrected chi connectivity index (χ0v) is 13.4. The molecular weight excluding hydrogens is 306 g/mol. The standard InChI is InChI=1S/C18H19N3O3/c1-12-17(23)16(14(10-22)7-20-12)9-19-8-15-11-24-18(21-15)13-5-3-2-4-6-13/h2-7,11,19,22-23H,8-10H2,1H3. The normalized spacial score (nSPS) is 10.9. The van der Waals surface area contributed by atoms with Crippen molar-refractivity contribution in [3.05, 3.63) is 65.3 Å². The quantitative estimate of drug-likeness (QED) is 0.645. The molecule has 124 valence electrons. The molecule has 6 heteroatoms. The maximum atomic E-state index is 10.1. The Morgan fingerprint density at radius 3 is 2.71 bits per heavy atom. The van der Waals surface area contributed by atoms with E-state index in [4.69, 9.17) is 4.42 Å². The van der Waals surface area contributed by atoms with Crippen LogP contribution in [0, 0.1) is 6.92 Å². The highest BCUT2D eigenvalue weighted by Crippen LogP contribution is 2.24. The van der Waals surface area contributed by atoms with Crippen LogP contribution in [-0.4, -0.2) is 20.2 Å². The van der Waals surface area contributed by atoms with Crippen LogP contribution in [0.1, 0.15) is 22.5 Å². The van der Waals surface area contributed by atoms with E-state index in [2.05, 4.69) is 15.3 Å². The monoisotopic (exact) mass is 325 g/mol. The summed E-state index contributed by atoms with van der Waals surface area (Å²) in [5.74, 6) is 0.685. The van der Waals surface area contributed by atoms with Crippen LogP contribution < -0.4 is 5.32 Å². The van der Waals surface area contributed by atoms with Gasteiger partial charge in [-0.15, -0.1) is 0 Å². The molecule has 0 aliphatic heterocycles. The molecule has 24 heavy (non-hydrogen) atoms. The van der Waals surface area contributed by atoms with Crippen molar-refractivity contribution in [3.63, 3.8) is 0 Å². The summed E-state index contributed by atoms with van der Waals surface area (Å²) in [6.07, 6.45) is 3.19. The zero-order chi connectivity index (χ0) is 16.9. The lowest BCUT2D eigenvalue weighted by atomic mass is 10.1. The molecule has 0 unspecified atom stereocenters. The van der Waals surface area contributed by atoms with Crippen LogP contribution >= 0.6 is 0 Å². The van der Waals surface area contributed by atoms with E-state index in [1.54, 1.807) is 19.4 Å². The first-order valence-electron chi connectivity index (χ1n) is 7.66. The lowest BCUT2D eigenvalue weighted by Crippen LogP contribution is -2.15. The van der Waals surface area contributed by atoms with E-state index >= 15 is 0 Å². The summed E-state index contributed by atoms with van der Waals surface area (Å²) in [7, 11) is 0. The highest BCUT2D eigenvalue weighted by atomic mass is 16.3. The number of benzene rings is 1. The van der Waals surface area contributed by atoms with E-state index in [-0.39, 0.29) is 12.4 Å². The van der Waals surface area contributed by atoms with Crippen molar-refractivity contribution < 1.29 is 14.6 Å². The van der Waals surface area contributed by atoms with Gasteiger partial charge in [0.1, 0.15) is 12.0 Å². The Labute approximate surface area is 139 Å². The average Bonchev–Trinajstić information content (AvgIpc) is 3.08. The van der Waals surface area contributed by atoms with E-state index in [1.165, 1.54) is 0 Å². The molecule has 0 saturated heterocycles. The Kier molecular flexibility index (Phi) is 4.88. The van der Waals surface area contributed by atoms with Crippen molar-refractivity contribution in [2.75, 3.05) is 0 Å². The molecule has 2 aromatic heterocycles. The van der Waals surface area contributed by atoms with E-state index in [0.717, 1.165) is 11.3 Å². The molecular formula is C18H19N3O3. The maximum absolute atomic E-state index is 10.1. The number of aliphatic hydroxyl groups excluding tert-OH is 1. The van der Waals surface area contributed by atoms with Gasteiger partial charge in [-0.25, -0.2) is 4.98 Å². The first-order chi connectivity index (χ1) is 11.7. The first-order valence-corrected chi connectivity index (χ1v) is 7.66. The SMILES string of the molecule is Cc1ncc(CO)c(CNCc2coc(-c3ccccc3)n2)c1O. The number of aryl methyl sites for hydroxylation is 1. The summed E-state index contributed by atoms with van der Waals surface area (Å²) in [5, 5.41) is 22.7. The summed E-state index contributed by atoms with van der Waals surface area (Å²) in [6, 6.07) is 9.68. The highest BCUT2D eigenvalue weighted by Gasteiger charge is 2.12. The molecule has 0 fully saturated rings. The van der Waals surface area contributed by atoms with Crippen molar-refractivity contribution in [2.24, 2.45) is 0 Å². The van der Waals surface area contributed by atoms with Crippen LogP contribution in [-0.2, 0) is 19.7 Å². The van der Waals surface area contributed by atoms with E-state index in [0.29, 0.717) is 35.8 Å². The van der Waals surface area contributed by atoms with Crippen LogP contribution in [0.4, 0.5) is 0 Å². The summed E-state index contributed by atoms with van der Waals surface area (Å²) >= 11 is 0. The van der Waals surface area contributed by atoms with Crippen molar-refractivity contribution in [1.82, 2.24) is 15.3 Å². The third-order valence-electron chi connectivity index (χ3n) is 3.78. The maximum Gasteiger partial charge on any atom is 0.226 e. The van der Waals surface area contributed by atoms with Gasteiger partial charge in [0.15, 0.2) is 0 Å². The van der Waals surface area contributed by atoms with Crippen LogP contribution in [0.15, 0.2) is 47.2 Å². The number of oxazole rings is 1. The van der Waals surface area contributed by atoms with Gasteiger partial charge in [-0.2, -0.15) is 0 Å². The third-order valence-corrected chi connectivity index (χ3v) is 3.78. The number of rotatable bonds is 6. The number of hydrogen-bond donors (Lipinski definition) is 3. The molecule has 3 N–H and O–H groups in total. The van der Waals surface area contributed by atoms with Crippen LogP contribution in [0.25, 0.3) is 11.5 Å². The van der Waals surface area contributed by atoms with Gasteiger partial charge in [-0.1, -0.05) is 18.2 Å². The summed E-state index contributed by atoms with van der Waals surface area (Å²) in [5.41, 5.74) is 3.49. The molecule has 2 heterocycles. The number of aromatic nitrogens is 2. The molecule has 0 radical (unpaired) electrons. The van der Waals surface area contributed by atoms with Crippen molar-refractivity contribution >= 4 is 0 Å². The van der Waals surface area contributed by atoms with Crippen LogP contribution in [0.5, 0.6) is 5.75 Å². The summed E-state index contributed by atoms with van der Waals surface area (Å²) in [4.78, 5) is 8.49. The number of nitrogens with one attached hydrogen (secondary N) is 1. The van der Waals surface area contributed by atoms with Gasteiger partial charge in [0.25, 0.3) is 0 Å². The predicted octanol–water partition coefficient (Wildman–Crippen LogP) is 2.53. The van der Waals surface area contributed by atoms with Gasteiger partial charge in [0.2, 0.25) is 5.89 Å². The summed E-state index contributed by atoms with van der Waals surface area (Å²) < 4.78 is 5.49. The second kappa shape index (κ2) is 7.25. The summed E-state index contributed by atoms with van der Waals surface area (Å²) in [6.45, 7) is 2.45.